The Balaban J connectivity index is 2.77. The molecule has 1 rings (SSSR count). The summed E-state index contributed by atoms with van der Waals surface area (Å²) >= 11 is 7.03. The van der Waals surface area contributed by atoms with Gasteiger partial charge in [0.1, 0.15) is 6.04 Å². The first-order valence-electron chi connectivity index (χ1n) is 6.06. The fourth-order valence-electron chi connectivity index (χ4n) is 1.69. The molecule has 1 unspecified atom stereocenters. The van der Waals surface area contributed by atoms with E-state index < -0.39 is 23.8 Å². The van der Waals surface area contributed by atoms with Crippen LogP contribution in [0.5, 0.6) is 0 Å². The largest absolute Gasteiger partial charge is 0.480 e. The van der Waals surface area contributed by atoms with Gasteiger partial charge >= 0.3 is 12.1 Å². The van der Waals surface area contributed by atoms with E-state index in [0.717, 1.165) is 6.07 Å². The van der Waals surface area contributed by atoms with Crippen molar-refractivity contribution in [2.75, 3.05) is 12.0 Å². The average Bonchev–Trinajstić information content (AvgIpc) is 2.38. The number of aliphatic carboxylic acids is 1. The van der Waals surface area contributed by atoms with E-state index >= 15 is 0 Å². The fraction of sp³-hybridized carbons (Fsp3) is 0.462. The SMILES string of the molecule is CSCCC(NCc1ccc(Cl)c(C(F)(F)F)c1)C(=O)O. The lowest BCUT2D eigenvalue weighted by molar-refractivity contribution is -0.140. The number of benzene rings is 1. The van der Waals surface area contributed by atoms with Crippen LogP contribution in [0.15, 0.2) is 18.2 Å². The quantitative estimate of drug-likeness (QED) is 0.794. The lowest BCUT2D eigenvalue weighted by Crippen LogP contribution is -2.36. The van der Waals surface area contributed by atoms with Gasteiger partial charge in [0.2, 0.25) is 0 Å². The zero-order chi connectivity index (χ0) is 16.0. The lowest BCUT2D eigenvalue weighted by atomic mass is 10.1. The second-order valence-electron chi connectivity index (χ2n) is 4.37. The van der Waals surface area contributed by atoms with Crippen LogP contribution in [0.3, 0.4) is 0 Å². The monoisotopic (exact) mass is 341 g/mol. The Labute approximate surface area is 129 Å². The van der Waals surface area contributed by atoms with Crippen molar-refractivity contribution in [1.29, 1.82) is 0 Å². The summed E-state index contributed by atoms with van der Waals surface area (Å²) in [5.74, 6) is -0.368. The summed E-state index contributed by atoms with van der Waals surface area (Å²) in [6.45, 7) is 0.0333. The molecule has 0 amide bonds. The van der Waals surface area contributed by atoms with Crippen LogP contribution < -0.4 is 5.32 Å². The maximum atomic E-state index is 12.7. The minimum absolute atomic E-state index is 0.0333. The Morgan fingerprint density at radius 1 is 1.48 bits per heavy atom. The first-order chi connectivity index (χ1) is 9.75. The third-order valence-corrected chi connectivity index (χ3v) is 3.77. The van der Waals surface area contributed by atoms with E-state index in [2.05, 4.69) is 5.32 Å². The van der Waals surface area contributed by atoms with E-state index in [-0.39, 0.29) is 11.6 Å². The predicted molar refractivity (Wildman–Crippen MR) is 77.7 cm³/mol. The molecule has 8 heteroatoms. The summed E-state index contributed by atoms with van der Waals surface area (Å²) in [6.07, 6.45) is -2.28. The summed E-state index contributed by atoms with van der Waals surface area (Å²) in [6, 6.07) is 2.75. The Morgan fingerprint density at radius 3 is 2.67 bits per heavy atom. The highest BCUT2D eigenvalue weighted by Crippen LogP contribution is 2.35. The van der Waals surface area contributed by atoms with E-state index in [0.29, 0.717) is 17.7 Å². The molecule has 1 aromatic rings. The predicted octanol–water partition coefficient (Wildman–Crippen LogP) is 3.65. The van der Waals surface area contributed by atoms with Gasteiger partial charge in [0, 0.05) is 6.54 Å². The number of halogens is 4. The van der Waals surface area contributed by atoms with Crippen molar-refractivity contribution in [3.05, 3.63) is 34.3 Å². The molecular formula is C13H15ClF3NO2S. The molecule has 0 bridgehead atoms. The zero-order valence-corrected chi connectivity index (χ0v) is 12.8. The van der Waals surface area contributed by atoms with Crippen LogP contribution in [0.2, 0.25) is 5.02 Å². The lowest BCUT2D eigenvalue weighted by Gasteiger charge is -2.15. The van der Waals surface area contributed by atoms with Crippen molar-refractivity contribution >= 4 is 29.3 Å². The molecule has 0 saturated heterocycles. The molecule has 0 aliphatic carbocycles. The first kappa shape index (κ1) is 18.1. The van der Waals surface area contributed by atoms with Crippen molar-refractivity contribution in [3.8, 4) is 0 Å². The summed E-state index contributed by atoms with van der Waals surface area (Å²) < 4.78 is 38.2. The molecule has 2 N–H and O–H groups in total. The van der Waals surface area contributed by atoms with Gasteiger partial charge in [-0.1, -0.05) is 17.7 Å². The van der Waals surface area contributed by atoms with Gasteiger partial charge in [0.25, 0.3) is 0 Å². The third kappa shape index (κ3) is 5.76. The Bertz CT molecular complexity index is 497. The topological polar surface area (TPSA) is 49.3 Å². The second-order valence-corrected chi connectivity index (χ2v) is 5.76. The normalized spacial score (nSPS) is 13.2. The zero-order valence-electron chi connectivity index (χ0n) is 11.2. The molecule has 1 aromatic carbocycles. The van der Waals surface area contributed by atoms with Gasteiger partial charge in [-0.15, -0.1) is 0 Å². The van der Waals surface area contributed by atoms with Crippen molar-refractivity contribution in [3.63, 3.8) is 0 Å². The summed E-state index contributed by atoms with van der Waals surface area (Å²) in [5, 5.41) is 11.4. The standard InChI is InChI=1S/C13H15ClF3NO2S/c1-21-5-4-11(12(19)20)18-7-8-2-3-10(14)9(6-8)13(15,16)17/h2-3,6,11,18H,4-5,7H2,1H3,(H,19,20). The number of alkyl halides is 3. The Hall–Kier alpha value is -0.920. The van der Waals surface area contributed by atoms with Crippen LogP contribution in [0, 0.1) is 0 Å². The molecule has 0 radical (unpaired) electrons. The highest BCUT2D eigenvalue weighted by atomic mass is 35.5. The van der Waals surface area contributed by atoms with Gasteiger partial charge in [-0.2, -0.15) is 24.9 Å². The van der Waals surface area contributed by atoms with E-state index in [9.17, 15) is 18.0 Å². The van der Waals surface area contributed by atoms with Crippen LogP contribution in [0.1, 0.15) is 17.5 Å². The van der Waals surface area contributed by atoms with Crippen molar-refractivity contribution < 1.29 is 23.1 Å². The number of carboxylic acid groups (broad SMARTS) is 1. The van der Waals surface area contributed by atoms with Crippen molar-refractivity contribution in [2.45, 2.75) is 25.2 Å². The van der Waals surface area contributed by atoms with Crippen LogP contribution in [0.25, 0.3) is 0 Å². The number of hydrogen-bond donors (Lipinski definition) is 2. The highest BCUT2D eigenvalue weighted by molar-refractivity contribution is 7.98. The van der Waals surface area contributed by atoms with Crippen LogP contribution in [-0.2, 0) is 17.5 Å². The number of nitrogens with one attached hydrogen (secondary N) is 1. The number of thioether (sulfide) groups is 1. The molecule has 21 heavy (non-hydrogen) atoms. The molecule has 0 spiro atoms. The number of hydrogen-bond acceptors (Lipinski definition) is 3. The first-order valence-corrected chi connectivity index (χ1v) is 7.83. The Morgan fingerprint density at radius 2 is 2.14 bits per heavy atom. The van der Waals surface area contributed by atoms with Gasteiger partial charge in [-0.3, -0.25) is 4.79 Å². The number of carbonyl (C=O) groups is 1. The molecule has 0 aromatic heterocycles. The fourth-order valence-corrected chi connectivity index (χ4v) is 2.39. The molecule has 118 valence electrons. The van der Waals surface area contributed by atoms with Crippen LogP contribution >= 0.6 is 23.4 Å². The maximum absolute atomic E-state index is 12.7. The summed E-state index contributed by atoms with van der Waals surface area (Å²) in [7, 11) is 0. The molecule has 0 saturated carbocycles. The van der Waals surface area contributed by atoms with Gasteiger partial charge < -0.3 is 10.4 Å². The summed E-state index contributed by atoms with van der Waals surface area (Å²) in [4.78, 5) is 11.0. The van der Waals surface area contributed by atoms with Gasteiger partial charge in [0.05, 0.1) is 10.6 Å². The van der Waals surface area contributed by atoms with E-state index in [1.807, 2.05) is 6.26 Å². The smallest absolute Gasteiger partial charge is 0.417 e. The van der Waals surface area contributed by atoms with E-state index in [1.54, 1.807) is 0 Å². The number of rotatable bonds is 7. The molecule has 1 atom stereocenters. The third-order valence-electron chi connectivity index (χ3n) is 2.80. The molecule has 0 aliphatic heterocycles. The summed E-state index contributed by atoms with van der Waals surface area (Å²) in [5.41, 5.74) is -0.582. The van der Waals surface area contributed by atoms with Crippen molar-refractivity contribution in [2.24, 2.45) is 0 Å². The maximum Gasteiger partial charge on any atom is 0.417 e. The second kappa shape index (κ2) is 7.91. The van der Waals surface area contributed by atoms with Crippen LogP contribution in [-0.4, -0.2) is 29.1 Å². The molecule has 3 nitrogen and oxygen atoms in total. The molecule has 0 fully saturated rings. The van der Waals surface area contributed by atoms with E-state index in [4.69, 9.17) is 16.7 Å². The van der Waals surface area contributed by atoms with Crippen LogP contribution in [0.4, 0.5) is 13.2 Å². The highest BCUT2D eigenvalue weighted by Gasteiger charge is 2.33. The minimum Gasteiger partial charge on any atom is -0.480 e. The van der Waals surface area contributed by atoms with Gasteiger partial charge in [-0.25, -0.2) is 0 Å². The van der Waals surface area contributed by atoms with Gasteiger partial charge in [0.15, 0.2) is 0 Å². The average molecular weight is 342 g/mol. The molecular weight excluding hydrogens is 327 g/mol. The van der Waals surface area contributed by atoms with Crippen molar-refractivity contribution in [1.82, 2.24) is 5.32 Å². The van der Waals surface area contributed by atoms with E-state index in [1.165, 1.54) is 23.9 Å². The van der Waals surface area contributed by atoms with Gasteiger partial charge in [-0.05, 0) is 36.1 Å². The molecule has 0 aliphatic rings. The Kier molecular flexibility index (Phi) is 6.83. The number of carboxylic acids is 1. The molecule has 0 heterocycles. The minimum atomic E-state index is -4.53.